The number of nitrogens with one attached hydrogen (secondary N) is 2. The number of benzene rings is 2. The molecule has 7 heteroatoms. The normalized spacial score (nSPS) is 11.5. The van der Waals surface area contributed by atoms with Crippen LogP contribution < -0.4 is 29.2 Å². The molecule has 0 radical (unpaired) electrons. The lowest BCUT2D eigenvalue weighted by atomic mass is 10.1. The van der Waals surface area contributed by atoms with E-state index < -0.39 is 0 Å². The molecule has 7 nitrogen and oxygen atoms in total. The Morgan fingerprint density at radius 2 is 1.64 bits per heavy atom. The Hall–Kier alpha value is -2.93. The van der Waals surface area contributed by atoms with Crippen molar-refractivity contribution in [2.75, 3.05) is 42.0 Å². The Morgan fingerprint density at radius 3 is 2.29 bits per heavy atom. The number of methoxy groups -OCH3 is 4. The van der Waals surface area contributed by atoms with Crippen molar-refractivity contribution < 1.29 is 28.6 Å². The quantitative estimate of drug-likeness (QED) is 0.636. The first kappa shape index (κ1) is 21.4. The second-order valence-corrected chi connectivity index (χ2v) is 6.43. The summed E-state index contributed by atoms with van der Waals surface area (Å²) in [6, 6.07) is 11.3. The van der Waals surface area contributed by atoms with Crippen LogP contribution in [-0.2, 0) is 17.9 Å². The van der Waals surface area contributed by atoms with Crippen molar-refractivity contribution in [2.45, 2.75) is 13.1 Å². The van der Waals surface area contributed by atoms with Gasteiger partial charge in [-0.1, -0.05) is 12.1 Å². The van der Waals surface area contributed by atoms with Crippen LogP contribution in [0, 0.1) is 0 Å². The number of quaternary nitrogens is 1. The fourth-order valence-corrected chi connectivity index (χ4v) is 3.01. The molecule has 0 saturated heterocycles. The average molecular weight is 389 g/mol. The van der Waals surface area contributed by atoms with E-state index in [2.05, 4.69) is 5.32 Å². The second-order valence-electron chi connectivity index (χ2n) is 6.43. The van der Waals surface area contributed by atoms with Gasteiger partial charge in [0.2, 0.25) is 0 Å². The number of ether oxygens (including phenoxy) is 4. The molecule has 1 amide bonds. The van der Waals surface area contributed by atoms with Crippen LogP contribution >= 0.6 is 0 Å². The van der Waals surface area contributed by atoms with Crippen molar-refractivity contribution in [1.82, 2.24) is 5.32 Å². The molecule has 28 heavy (non-hydrogen) atoms. The van der Waals surface area contributed by atoms with Gasteiger partial charge in [0.05, 0.1) is 41.1 Å². The monoisotopic (exact) mass is 389 g/mol. The van der Waals surface area contributed by atoms with Crippen LogP contribution in [0.4, 0.5) is 0 Å². The summed E-state index contributed by atoms with van der Waals surface area (Å²) in [6.07, 6.45) is 0. The van der Waals surface area contributed by atoms with Gasteiger partial charge in [0.15, 0.2) is 29.5 Å². The highest BCUT2D eigenvalue weighted by molar-refractivity contribution is 5.76. The van der Waals surface area contributed by atoms with E-state index in [-0.39, 0.29) is 5.91 Å². The summed E-state index contributed by atoms with van der Waals surface area (Å²) >= 11 is 0. The van der Waals surface area contributed by atoms with Crippen molar-refractivity contribution in [3.63, 3.8) is 0 Å². The third-order valence-electron chi connectivity index (χ3n) is 4.38. The number of carbonyl (C=O) groups excluding carboxylic acids is 1. The highest BCUT2D eigenvalue weighted by atomic mass is 16.5. The van der Waals surface area contributed by atoms with Crippen LogP contribution in [-0.4, -0.2) is 47.9 Å². The van der Waals surface area contributed by atoms with E-state index in [1.165, 1.54) is 0 Å². The SMILES string of the molecule is COc1ccc(CNC(=O)C[NH+](C)Cc2cccc(OC)c2OC)cc1OC. The van der Waals surface area contributed by atoms with Gasteiger partial charge < -0.3 is 29.2 Å². The fourth-order valence-electron chi connectivity index (χ4n) is 3.01. The zero-order valence-corrected chi connectivity index (χ0v) is 17.1. The standard InChI is InChI=1S/C21H28N2O5/c1-23(13-16-7-6-8-18(26-3)21(16)28-5)14-20(24)22-12-15-9-10-17(25-2)19(11-15)27-4/h6-11H,12-14H2,1-5H3,(H,22,24)/p+1. The smallest absolute Gasteiger partial charge is 0.275 e. The molecule has 0 aliphatic rings. The molecular weight excluding hydrogens is 360 g/mol. The molecule has 2 aromatic rings. The van der Waals surface area contributed by atoms with Gasteiger partial charge in [0.1, 0.15) is 6.54 Å². The maximum Gasteiger partial charge on any atom is 0.275 e. The zero-order valence-electron chi connectivity index (χ0n) is 17.1. The van der Waals surface area contributed by atoms with Gasteiger partial charge >= 0.3 is 0 Å². The number of hydrogen-bond acceptors (Lipinski definition) is 5. The second kappa shape index (κ2) is 10.4. The van der Waals surface area contributed by atoms with Crippen molar-refractivity contribution in [1.29, 1.82) is 0 Å². The minimum atomic E-state index is -0.0332. The number of carbonyl (C=O) groups is 1. The number of rotatable bonds is 10. The van der Waals surface area contributed by atoms with Crippen molar-refractivity contribution in [2.24, 2.45) is 0 Å². The van der Waals surface area contributed by atoms with Gasteiger partial charge in [-0.25, -0.2) is 0 Å². The van der Waals surface area contributed by atoms with Gasteiger partial charge in [-0.05, 0) is 29.8 Å². The van der Waals surface area contributed by atoms with Crippen molar-refractivity contribution >= 4 is 5.91 Å². The third-order valence-corrected chi connectivity index (χ3v) is 4.38. The summed E-state index contributed by atoms with van der Waals surface area (Å²) in [5.41, 5.74) is 1.94. The number of hydrogen-bond donors (Lipinski definition) is 2. The highest BCUT2D eigenvalue weighted by Gasteiger charge is 2.16. The lowest BCUT2D eigenvalue weighted by Crippen LogP contribution is -3.08. The molecule has 0 heterocycles. The topological polar surface area (TPSA) is 70.5 Å². The van der Waals surface area contributed by atoms with E-state index in [9.17, 15) is 4.79 Å². The minimum Gasteiger partial charge on any atom is -0.493 e. The van der Waals surface area contributed by atoms with E-state index >= 15 is 0 Å². The minimum absolute atomic E-state index is 0.0332. The third kappa shape index (κ3) is 5.53. The summed E-state index contributed by atoms with van der Waals surface area (Å²) < 4.78 is 21.3. The molecule has 2 N–H and O–H groups in total. The molecule has 2 aromatic carbocycles. The van der Waals surface area contributed by atoms with E-state index in [4.69, 9.17) is 18.9 Å². The Morgan fingerprint density at radius 1 is 0.929 bits per heavy atom. The molecule has 0 saturated carbocycles. The molecule has 0 fully saturated rings. The molecule has 1 unspecified atom stereocenters. The molecule has 2 rings (SSSR count). The van der Waals surface area contributed by atoms with Crippen LogP contribution in [0.3, 0.4) is 0 Å². The van der Waals surface area contributed by atoms with Crippen LogP contribution in [0.1, 0.15) is 11.1 Å². The zero-order chi connectivity index (χ0) is 20.5. The summed E-state index contributed by atoms with van der Waals surface area (Å²) in [4.78, 5) is 13.4. The van der Waals surface area contributed by atoms with Crippen molar-refractivity contribution in [3.05, 3.63) is 47.5 Å². The molecule has 1 atom stereocenters. The van der Waals surface area contributed by atoms with Gasteiger partial charge in [0.25, 0.3) is 5.91 Å². The number of para-hydroxylation sites is 1. The lowest BCUT2D eigenvalue weighted by Gasteiger charge is -2.17. The Bertz CT molecular complexity index is 794. The first-order chi connectivity index (χ1) is 13.5. The summed E-state index contributed by atoms with van der Waals surface area (Å²) in [5.74, 6) is 2.66. The summed E-state index contributed by atoms with van der Waals surface area (Å²) in [7, 11) is 8.38. The Labute approximate surface area is 166 Å². The van der Waals surface area contributed by atoms with Gasteiger partial charge in [-0.2, -0.15) is 0 Å². The molecule has 0 bridgehead atoms. The van der Waals surface area contributed by atoms with Crippen LogP contribution in [0.5, 0.6) is 23.0 Å². The molecule has 0 aliphatic heterocycles. The predicted octanol–water partition coefficient (Wildman–Crippen LogP) is 1.05. The molecule has 0 spiro atoms. The van der Waals surface area contributed by atoms with Crippen LogP contribution in [0.25, 0.3) is 0 Å². The maximum atomic E-state index is 12.3. The van der Waals surface area contributed by atoms with Crippen LogP contribution in [0.15, 0.2) is 36.4 Å². The highest BCUT2D eigenvalue weighted by Crippen LogP contribution is 2.30. The van der Waals surface area contributed by atoms with E-state index in [1.807, 2.05) is 43.4 Å². The molecule has 0 aromatic heterocycles. The largest absolute Gasteiger partial charge is 0.493 e. The Kier molecular flexibility index (Phi) is 7.95. The first-order valence-corrected chi connectivity index (χ1v) is 9.01. The van der Waals surface area contributed by atoms with Crippen molar-refractivity contribution in [3.8, 4) is 23.0 Å². The molecule has 0 aliphatic carbocycles. The van der Waals surface area contributed by atoms with E-state index in [1.54, 1.807) is 28.4 Å². The fraction of sp³-hybridized carbons (Fsp3) is 0.381. The van der Waals surface area contributed by atoms with Gasteiger partial charge in [-0.3, -0.25) is 4.79 Å². The summed E-state index contributed by atoms with van der Waals surface area (Å²) in [5, 5.41) is 2.94. The Balaban J connectivity index is 1.91. The molecular formula is C21H29N2O5+. The van der Waals surface area contributed by atoms with Crippen LogP contribution in [0.2, 0.25) is 0 Å². The lowest BCUT2D eigenvalue weighted by molar-refractivity contribution is -0.885. The molecule has 152 valence electrons. The average Bonchev–Trinajstić information content (AvgIpc) is 2.71. The van der Waals surface area contributed by atoms with Gasteiger partial charge in [-0.15, -0.1) is 0 Å². The number of likely N-dealkylation sites (N-methyl/N-ethyl adjacent to an activating group) is 1. The maximum absolute atomic E-state index is 12.3. The summed E-state index contributed by atoms with van der Waals surface area (Å²) in [6.45, 7) is 1.41. The first-order valence-electron chi connectivity index (χ1n) is 9.01. The van der Waals surface area contributed by atoms with E-state index in [0.29, 0.717) is 42.6 Å². The number of amides is 1. The predicted molar refractivity (Wildman–Crippen MR) is 106 cm³/mol. The van der Waals surface area contributed by atoms with E-state index in [0.717, 1.165) is 16.0 Å². The van der Waals surface area contributed by atoms with Gasteiger partial charge in [0, 0.05) is 6.54 Å².